The van der Waals surface area contributed by atoms with E-state index in [1.165, 1.54) is 11.1 Å². The monoisotopic (exact) mass is 398 g/mol. The number of para-hydroxylation sites is 1. The summed E-state index contributed by atoms with van der Waals surface area (Å²) >= 11 is 0. The third kappa shape index (κ3) is 3.83. The van der Waals surface area contributed by atoms with Crippen LogP contribution in [0.3, 0.4) is 0 Å². The highest BCUT2D eigenvalue weighted by Crippen LogP contribution is 2.30. The number of rotatable bonds is 4. The van der Waals surface area contributed by atoms with Crippen LogP contribution in [0.2, 0.25) is 0 Å². The molecule has 0 spiro atoms. The number of amides is 1. The molecule has 0 aliphatic carbocycles. The van der Waals surface area contributed by atoms with Gasteiger partial charge in [0, 0.05) is 35.0 Å². The Labute approximate surface area is 176 Å². The smallest absolute Gasteiger partial charge is 0.227 e. The van der Waals surface area contributed by atoms with Gasteiger partial charge in [0.2, 0.25) is 5.91 Å². The van der Waals surface area contributed by atoms with E-state index in [2.05, 4.69) is 47.5 Å². The molecule has 1 amide bonds. The minimum atomic E-state index is 0.0608. The number of aryl methyl sites for hydroxylation is 1. The maximum Gasteiger partial charge on any atom is 0.227 e. The SMILES string of the molecule is Cc1ccc(CN2CCC(C(=O)Nc3ccc4c(c3)oc3ccccc34)CC2)cc1. The highest BCUT2D eigenvalue weighted by Gasteiger charge is 2.25. The number of anilines is 1. The van der Waals surface area contributed by atoms with Gasteiger partial charge in [-0.25, -0.2) is 0 Å². The van der Waals surface area contributed by atoms with Gasteiger partial charge in [-0.05, 0) is 56.6 Å². The third-order valence-electron chi connectivity index (χ3n) is 6.13. The van der Waals surface area contributed by atoms with Gasteiger partial charge in [-0.2, -0.15) is 0 Å². The Hall–Kier alpha value is -3.11. The molecule has 152 valence electrons. The molecule has 4 heteroatoms. The lowest BCUT2D eigenvalue weighted by atomic mass is 9.95. The Kier molecular flexibility index (Phi) is 5.01. The van der Waals surface area contributed by atoms with Gasteiger partial charge in [0.25, 0.3) is 0 Å². The molecule has 0 unspecified atom stereocenters. The second kappa shape index (κ2) is 7.96. The van der Waals surface area contributed by atoms with E-state index in [0.717, 1.165) is 60.1 Å². The molecule has 4 aromatic rings. The Morgan fingerprint density at radius 1 is 0.967 bits per heavy atom. The van der Waals surface area contributed by atoms with Crippen molar-refractivity contribution in [1.29, 1.82) is 0 Å². The molecule has 4 nitrogen and oxygen atoms in total. The second-order valence-electron chi connectivity index (χ2n) is 8.33. The van der Waals surface area contributed by atoms with Crippen molar-refractivity contribution in [1.82, 2.24) is 4.90 Å². The van der Waals surface area contributed by atoms with E-state index in [4.69, 9.17) is 4.42 Å². The van der Waals surface area contributed by atoms with Crippen molar-refractivity contribution in [3.63, 3.8) is 0 Å². The zero-order chi connectivity index (χ0) is 20.5. The molecule has 0 radical (unpaired) electrons. The van der Waals surface area contributed by atoms with Crippen molar-refractivity contribution in [3.8, 4) is 0 Å². The topological polar surface area (TPSA) is 45.5 Å². The molecular weight excluding hydrogens is 372 g/mol. The minimum Gasteiger partial charge on any atom is -0.456 e. The Bertz CT molecular complexity index is 1180. The summed E-state index contributed by atoms with van der Waals surface area (Å²) in [6.07, 6.45) is 1.79. The number of benzene rings is 3. The fourth-order valence-electron chi connectivity index (χ4n) is 4.35. The Balaban J connectivity index is 1.21. The molecule has 0 saturated carbocycles. The summed E-state index contributed by atoms with van der Waals surface area (Å²) in [4.78, 5) is 15.3. The van der Waals surface area contributed by atoms with E-state index in [0.29, 0.717) is 0 Å². The maximum absolute atomic E-state index is 12.8. The van der Waals surface area contributed by atoms with Gasteiger partial charge in [0.1, 0.15) is 11.2 Å². The van der Waals surface area contributed by atoms with Crippen molar-refractivity contribution in [3.05, 3.63) is 77.9 Å². The average molecular weight is 399 g/mol. The van der Waals surface area contributed by atoms with Gasteiger partial charge < -0.3 is 9.73 Å². The van der Waals surface area contributed by atoms with Crippen molar-refractivity contribution < 1.29 is 9.21 Å². The Morgan fingerprint density at radius 2 is 1.70 bits per heavy atom. The molecule has 30 heavy (non-hydrogen) atoms. The fraction of sp³-hybridized carbons (Fsp3) is 0.269. The number of piperidine rings is 1. The summed E-state index contributed by atoms with van der Waals surface area (Å²) in [5, 5.41) is 5.28. The molecular formula is C26H26N2O2. The predicted molar refractivity (Wildman–Crippen MR) is 122 cm³/mol. The first-order chi connectivity index (χ1) is 14.7. The first-order valence-corrected chi connectivity index (χ1v) is 10.7. The molecule has 5 rings (SSSR count). The van der Waals surface area contributed by atoms with Crippen molar-refractivity contribution in [2.24, 2.45) is 5.92 Å². The summed E-state index contributed by atoms with van der Waals surface area (Å²) in [6, 6.07) is 22.7. The van der Waals surface area contributed by atoms with Gasteiger partial charge >= 0.3 is 0 Å². The molecule has 3 aromatic carbocycles. The summed E-state index contributed by atoms with van der Waals surface area (Å²) in [5.74, 6) is 0.172. The summed E-state index contributed by atoms with van der Waals surface area (Å²) in [7, 11) is 0. The zero-order valence-electron chi connectivity index (χ0n) is 17.2. The summed E-state index contributed by atoms with van der Waals surface area (Å²) < 4.78 is 5.94. The highest BCUT2D eigenvalue weighted by molar-refractivity contribution is 6.06. The summed E-state index contributed by atoms with van der Waals surface area (Å²) in [5.41, 5.74) is 5.10. The van der Waals surface area contributed by atoms with E-state index in [-0.39, 0.29) is 11.8 Å². The number of carbonyl (C=O) groups excluding carboxylic acids is 1. The lowest BCUT2D eigenvalue weighted by Crippen LogP contribution is -2.37. The third-order valence-corrected chi connectivity index (χ3v) is 6.13. The van der Waals surface area contributed by atoms with Crippen LogP contribution in [0.25, 0.3) is 21.9 Å². The normalized spacial score (nSPS) is 15.6. The van der Waals surface area contributed by atoms with E-state index in [1.807, 2.05) is 36.4 Å². The van der Waals surface area contributed by atoms with Crippen LogP contribution in [0, 0.1) is 12.8 Å². The molecule has 1 aliphatic rings. The number of fused-ring (bicyclic) bond motifs is 3. The molecule has 1 fully saturated rings. The van der Waals surface area contributed by atoms with Crippen LogP contribution in [0.15, 0.2) is 71.1 Å². The minimum absolute atomic E-state index is 0.0608. The van der Waals surface area contributed by atoms with E-state index in [1.54, 1.807) is 0 Å². The van der Waals surface area contributed by atoms with E-state index in [9.17, 15) is 4.79 Å². The predicted octanol–water partition coefficient (Wildman–Crippen LogP) is 5.75. The maximum atomic E-state index is 12.8. The average Bonchev–Trinajstić information content (AvgIpc) is 3.13. The molecule has 1 saturated heterocycles. The van der Waals surface area contributed by atoms with E-state index < -0.39 is 0 Å². The van der Waals surface area contributed by atoms with E-state index >= 15 is 0 Å². The van der Waals surface area contributed by atoms with Crippen LogP contribution in [-0.4, -0.2) is 23.9 Å². The van der Waals surface area contributed by atoms with Crippen molar-refractivity contribution in [2.45, 2.75) is 26.3 Å². The Morgan fingerprint density at radius 3 is 2.50 bits per heavy atom. The van der Waals surface area contributed by atoms with Gasteiger partial charge in [0.05, 0.1) is 0 Å². The molecule has 0 bridgehead atoms. The molecule has 1 aliphatic heterocycles. The lowest BCUT2D eigenvalue weighted by molar-refractivity contribution is -0.121. The van der Waals surface area contributed by atoms with Gasteiger partial charge in [0.15, 0.2) is 0 Å². The molecule has 1 N–H and O–H groups in total. The number of nitrogens with zero attached hydrogens (tertiary/aromatic N) is 1. The summed E-state index contributed by atoms with van der Waals surface area (Å²) in [6.45, 7) is 4.97. The molecule has 0 atom stereocenters. The van der Waals surface area contributed by atoms with Crippen LogP contribution >= 0.6 is 0 Å². The van der Waals surface area contributed by atoms with Crippen molar-refractivity contribution >= 4 is 33.5 Å². The van der Waals surface area contributed by atoms with Crippen LogP contribution in [0.1, 0.15) is 24.0 Å². The van der Waals surface area contributed by atoms with Crippen LogP contribution in [0.5, 0.6) is 0 Å². The molecule has 2 heterocycles. The van der Waals surface area contributed by atoms with Crippen LogP contribution in [0.4, 0.5) is 5.69 Å². The number of hydrogen-bond acceptors (Lipinski definition) is 3. The van der Waals surface area contributed by atoms with Crippen LogP contribution in [-0.2, 0) is 11.3 Å². The first kappa shape index (κ1) is 18.9. The quantitative estimate of drug-likeness (QED) is 0.476. The first-order valence-electron chi connectivity index (χ1n) is 10.7. The van der Waals surface area contributed by atoms with Crippen molar-refractivity contribution in [2.75, 3.05) is 18.4 Å². The van der Waals surface area contributed by atoms with Gasteiger partial charge in [-0.15, -0.1) is 0 Å². The lowest BCUT2D eigenvalue weighted by Gasteiger charge is -2.31. The van der Waals surface area contributed by atoms with Crippen LogP contribution < -0.4 is 5.32 Å². The highest BCUT2D eigenvalue weighted by atomic mass is 16.3. The molecule has 1 aromatic heterocycles. The fourth-order valence-corrected chi connectivity index (χ4v) is 4.35. The second-order valence-corrected chi connectivity index (χ2v) is 8.33. The number of nitrogens with one attached hydrogen (secondary N) is 1. The number of furan rings is 1. The van der Waals surface area contributed by atoms with Gasteiger partial charge in [-0.3, -0.25) is 9.69 Å². The number of carbonyl (C=O) groups is 1. The standard InChI is InChI=1S/C26H26N2O2/c1-18-6-8-19(9-7-18)17-28-14-12-20(13-15-28)26(29)27-21-10-11-23-22-4-2-3-5-24(22)30-25(23)16-21/h2-11,16,20H,12-15,17H2,1H3,(H,27,29). The largest absolute Gasteiger partial charge is 0.456 e. The zero-order valence-corrected chi connectivity index (χ0v) is 17.2. The van der Waals surface area contributed by atoms with Gasteiger partial charge in [-0.1, -0.05) is 48.0 Å². The number of hydrogen-bond donors (Lipinski definition) is 1. The number of likely N-dealkylation sites (tertiary alicyclic amines) is 1.